The smallest absolute Gasteiger partial charge is 0.302 e. The van der Waals surface area contributed by atoms with E-state index in [-0.39, 0.29) is 34.8 Å². The Morgan fingerprint density at radius 1 is 1.45 bits per heavy atom. The molecule has 2 saturated heterocycles. The fourth-order valence-corrected chi connectivity index (χ4v) is 4.27. The van der Waals surface area contributed by atoms with E-state index in [2.05, 4.69) is 30.6 Å². The van der Waals surface area contributed by atoms with E-state index in [1.807, 2.05) is 0 Å². The molecule has 0 bridgehead atoms. The number of rotatable bonds is 6. The molecular weight excluding hydrogens is 380 g/mol. The lowest BCUT2D eigenvalue weighted by Gasteiger charge is -2.53. The number of anilines is 1. The maximum absolute atomic E-state index is 12.3. The van der Waals surface area contributed by atoms with Gasteiger partial charge in [0.1, 0.15) is 17.4 Å². The van der Waals surface area contributed by atoms with Gasteiger partial charge in [0.2, 0.25) is 5.88 Å². The zero-order chi connectivity index (χ0) is 15.8. The van der Waals surface area contributed by atoms with Gasteiger partial charge in [-0.2, -0.15) is 12.7 Å². The van der Waals surface area contributed by atoms with Gasteiger partial charge < -0.3 is 14.6 Å². The predicted molar refractivity (Wildman–Crippen MR) is 79.7 cm³/mol. The summed E-state index contributed by atoms with van der Waals surface area (Å²) in [5, 5.41) is 8.75. The quantitative estimate of drug-likeness (QED) is 0.674. The Labute approximate surface area is 136 Å². The van der Waals surface area contributed by atoms with Crippen LogP contribution < -0.4 is 9.46 Å². The molecule has 1 spiro atoms. The number of hydrogen-bond acceptors (Lipinski definition) is 7. The fraction of sp³-hybridized carbons (Fsp3) is 0.636. The SMILES string of the molecule is O=S(=O)(Nc1ncnc(OCCO)c1Br)N1CC2(COC2)C1. The zero-order valence-corrected chi connectivity index (χ0v) is 13.9. The summed E-state index contributed by atoms with van der Waals surface area (Å²) >= 11 is 3.20. The van der Waals surface area contributed by atoms with E-state index in [4.69, 9.17) is 14.6 Å². The van der Waals surface area contributed by atoms with Gasteiger partial charge in [0.05, 0.1) is 19.8 Å². The van der Waals surface area contributed by atoms with Crippen LogP contribution in [0.15, 0.2) is 10.8 Å². The second kappa shape index (κ2) is 5.89. The van der Waals surface area contributed by atoms with E-state index in [1.165, 1.54) is 10.6 Å². The molecule has 122 valence electrons. The average molecular weight is 395 g/mol. The number of aliphatic hydroxyl groups is 1. The van der Waals surface area contributed by atoms with E-state index in [0.717, 1.165) is 0 Å². The molecule has 11 heteroatoms. The predicted octanol–water partition coefficient (Wildman–Crippen LogP) is -0.401. The summed E-state index contributed by atoms with van der Waals surface area (Å²) in [6.07, 6.45) is 1.19. The Bertz CT molecular complexity index is 658. The summed E-state index contributed by atoms with van der Waals surface area (Å²) in [6, 6.07) is 0. The molecule has 0 radical (unpaired) electrons. The largest absolute Gasteiger partial charge is 0.474 e. The summed E-state index contributed by atoms with van der Waals surface area (Å²) < 4.78 is 39.0. The van der Waals surface area contributed by atoms with Gasteiger partial charge in [-0.25, -0.2) is 9.97 Å². The normalized spacial score (nSPS) is 20.3. The summed E-state index contributed by atoms with van der Waals surface area (Å²) in [5.41, 5.74) is -0.00689. The third-order valence-electron chi connectivity index (χ3n) is 3.49. The van der Waals surface area contributed by atoms with Crippen molar-refractivity contribution in [2.24, 2.45) is 5.41 Å². The van der Waals surface area contributed by atoms with Crippen molar-refractivity contribution in [3.63, 3.8) is 0 Å². The topological polar surface area (TPSA) is 114 Å². The van der Waals surface area contributed by atoms with Gasteiger partial charge in [0.25, 0.3) is 0 Å². The first-order chi connectivity index (χ1) is 10.5. The lowest BCUT2D eigenvalue weighted by molar-refractivity contribution is -0.166. The van der Waals surface area contributed by atoms with Crippen LogP contribution in [0.4, 0.5) is 5.82 Å². The molecule has 3 rings (SSSR count). The maximum Gasteiger partial charge on any atom is 0.302 e. The molecule has 2 N–H and O–H groups in total. The van der Waals surface area contributed by atoms with Crippen molar-refractivity contribution >= 4 is 32.0 Å². The molecule has 2 fully saturated rings. The van der Waals surface area contributed by atoms with Gasteiger partial charge >= 0.3 is 10.2 Å². The highest BCUT2D eigenvalue weighted by Gasteiger charge is 2.53. The highest BCUT2D eigenvalue weighted by molar-refractivity contribution is 9.10. The highest BCUT2D eigenvalue weighted by atomic mass is 79.9. The summed E-state index contributed by atoms with van der Waals surface area (Å²) in [6.45, 7) is 1.98. The molecule has 0 atom stereocenters. The number of aliphatic hydroxyl groups excluding tert-OH is 1. The van der Waals surface area contributed by atoms with Crippen LogP contribution in [0.25, 0.3) is 0 Å². The second-order valence-electron chi connectivity index (χ2n) is 5.28. The number of halogens is 1. The van der Waals surface area contributed by atoms with Crippen molar-refractivity contribution in [3.05, 3.63) is 10.8 Å². The summed E-state index contributed by atoms with van der Waals surface area (Å²) in [4.78, 5) is 7.78. The van der Waals surface area contributed by atoms with Crippen LogP contribution in [-0.2, 0) is 14.9 Å². The number of ether oxygens (including phenoxy) is 2. The van der Waals surface area contributed by atoms with Crippen molar-refractivity contribution in [2.45, 2.75) is 0 Å². The molecule has 0 aliphatic carbocycles. The van der Waals surface area contributed by atoms with E-state index in [0.29, 0.717) is 26.3 Å². The zero-order valence-electron chi connectivity index (χ0n) is 11.5. The first kappa shape index (κ1) is 15.9. The van der Waals surface area contributed by atoms with Crippen LogP contribution in [0, 0.1) is 5.41 Å². The highest BCUT2D eigenvalue weighted by Crippen LogP contribution is 2.39. The number of nitrogens with one attached hydrogen (secondary N) is 1. The van der Waals surface area contributed by atoms with E-state index < -0.39 is 10.2 Å². The van der Waals surface area contributed by atoms with Crippen molar-refractivity contribution in [1.82, 2.24) is 14.3 Å². The molecule has 0 aromatic carbocycles. The first-order valence-corrected chi connectivity index (χ1v) is 8.79. The van der Waals surface area contributed by atoms with Gasteiger partial charge in [0, 0.05) is 18.5 Å². The van der Waals surface area contributed by atoms with Crippen molar-refractivity contribution in [2.75, 3.05) is 44.2 Å². The van der Waals surface area contributed by atoms with E-state index in [1.54, 1.807) is 0 Å². The van der Waals surface area contributed by atoms with Crippen molar-refractivity contribution < 1.29 is 23.0 Å². The van der Waals surface area contributed by atoms with Gasteiger partial charge in [-0.05, 0) is 15.9 Å². The van der Waals surface area contributed by atoms with E-state index in [9.17, 15) is 8.42 Å². The Morgan fingerprint density at radius 3 is 2.77 bits per heavy atom. The van der Waals surface area contributed by atoms with Crippen LogP contribution in [0.3, 0.4) is 0 Å². The molecule has 3 heterocycles. The maximum atomic E-state index is 12.3. The molecule has 0 amide bonds. The minimum absolute atomic E-state index is 0.00689. The van der Waals surface area contributed by atoms with Crippen LogP contribution in [-0.4, -0.2) is 67.3 Å². The molecule has 1 aromatic heterocycles. The average Bonchev–Trinajstić information content (AvgIpc) is 2.36. The van der Waals surface area contributed by atoms with Crippen molar-refractivity contribution in [1.29, 1.82) is 0 Å². The third-order valence-corrected chi connectivity index (χ3v) is 5.60. The molecule has 22 heavy (non-hydrogen) atoms. The summed E-state index contributed by atoms with van der Waals surface area (Å²) in [5.74, 6) is 0.253. The molecule has 9 nitrogen and oxygen atoms in total. The molecule has 0 saturated carbocycles. The molecule has 1 aromatic rings. The van der Waals surface area contributed by atoms with Gasteiger partial charge in [-0.1, -0.05) is 0 Å². The van der Waals surface area contributed by atoms with Gasteiger partial charge in [-0.15, -0.1) is 0 Å². The van der Waals surface area contributed by atoms with Crippen LogP contribution in [0.5, 0.6) is 5.88 Å². The molecular formula is C11H15BrN4O5S. The second-order valence-corrected chi connectivity index (χ2v) is 7.75. The number of nitrogens with zero attached hydrogens (tertiary/aromatic N) is 3. The minimum Gasteiger partial charge on any atom is -0.474 e. The molecule has 0 unspecified atom stereocenters. The van der Waals surface area contributed by atoms with Crippen LogP contribution in [0.1, 0.15) is 0 Å². The van der Waals surface area contributed by atoms with Crippen LogP contribution in [0.2, 0.25) is 0 Å². The van der Waals surface area contributed by atoms with E-state index >= 15 is 0 Å². The standard InChI is InChI=1S/C11H15BrN4O5S/c12-8-9(13-7-14-10(8)21-2-1-17)15-22(18,19)16-3-11(4-16)5-20-6-11/h7,17H,1-6H2,(H,13,14,15). The lowest BCUT2D eigenvalue weighted by Crippen LogP contribution is -2.67. The Hall–Kier alpha value is -1.01. The van der Waals surface area contributed by atoms with Gasteiger partial charge in [0.15, 0.2) is 5.82 Å². The fourth-order valence-electron chi connectivity index (χ4n) is 2.30. The first-order valence-electron chi connectivity index (χ1n) is 6.56. The van der Waals surface area contributed by atoms with Crippen LogP contribution >= 0.6 is 15.9 Å². The van der Waals surface area contributed by atoms with Crippen molar-refractivity contribution in [3.8, 4) is 5.88 Å². The lowest BCUT2D eigenvalue weighted by atomic mass is 9.80. The Kier molecular flexibility index (Phi) is 4.25. The molecule has 2 aliphatic rings. The third kappa shape index (κ3) is 2.91. The number of hydrogen-bond donors (Lipinski definition) is 2. The number of aromatic nitrogens is 2. The summed E-state index contributed by atoms with van der Waals surface area (Å²) in [7, 11) is -3.68. The Balaban J connectivity index is 1.69. The Morgan fingerprint density at radius 2 is 2.18 bits per heavy atom. The van der Waals surface area contributed by atoms with Gasteiger partial charge in [-0.3, -0.25) is 4.72 Å². The minimum atomic E-state index is -3.68. The monoisotopic (exact) mass is 394 g/mol. The molecule has 2 aliphatic heterocycles.